The van der Waals surface area contributed by atoms with Gasteiger partial charge in [0.1, 0.15) is 18.3 Å². The molecule has 0 saturated heterocycles. The second-order valence-electron chi connectivity index (χ2n) is 5.62. The van der Waals surface area contributed by atoms with Gasteiger partial charge in [-0.1, -0.05) is 23.7 Å². The summed E-state index contributed by atoms with van der Waals surface area (Å²) in [5, 5.41) is 4.63. The van der Waals surface area contributed by atoms with Crippen LogP contribution < -0.4 is 10.3 Å². The molecule has 0 fully saturated rings. The van der Waals surface area contributed by atoms with E-state index in [0.717, 1.165) is 11.3 Å². The first kappa shape index (κ1) is 15.1. The molecule has 4 nitrogen and oxygen atoms in total. The van der Waals surface area contributed by atoms with Gasteiger partial charge in [0.05, 0.1) is 28.5 Å². The van der Waals surface area contributed by atoms with Crippen LogP contribution >= 0.6 is 11.6 Å². The van der Waals surface area contributed by atoms with Crippen molar-refractivity contribution in [1.82, 2.24) is 5.43 Å². The fourth-order valence-electron chi connectivity index (χ4n) is 2.97. The van der Waals surface area contributed by atoms with E-state index in [1.807, 2.05) is 24.0 Å². The van der Waals surface area contributed by atoms with Gasteiger partial charge >= 0.3 is 0 Å². The van der Waals surface area contributed by atoms with Crippen LogP contribution in [0.1, 0.15) is 16.7 Å². The molecule has 0 unspecified atom stereocenters. The maximum absolute atomic E-state index is 14.4. The van der Waals surface area contributed by atoms with Gasteiger partial charge < -0.3 is 4.90 Å². The van der Waals surface area contributed by atoms with Gasteiger partial charge in [0.15, 0.2) is 5.84 Å². The van der Waals surface area contributed by atoms with E-state index in [1.54, 1.807) is 0 Å². The van der Waals surface area contributed by atoms with E-state index in [0.29, 0.717) is 23.1 Å². The molecular formula is C17H13ClF2N4. The van der Waals surface area contributed by atoms with Crippen molar-refractivity contribution in [3.8, 4) is 0 Å². The predicted octanol–water partition coefficient (Wildman–Crippen LogP) is 3.46. The summed E-state index contributed by atoms with van der Waals surface area (Å²) in [4.78, 5) is 6.35. The molecule has 4 rings (SSSR count). The molecule has 7 heteroatoms. The Morgan fingerprint density at radius 1 is 1.12 bits per heavy atom. The Morgan fingerprint density at radius 2 is 1.88 bits per heavy atom. The second-order valence-corrected chi connectivity index (χ2v) is 6.00. The lowest BCUT2D eigenvalue weighted by atomic mass is 9.97. The number of hydrogen-bond donors (Lipinski definition) is 1. The highest BCUT2D eigenvalue weighted by Gasteiger charge is 2.30. The van der Waals surface area contributed by atoms with Gasteiger partial charge in [0.2, 0.25) is 0 Å². The molecule has 0 radical (unpaired) electrons. The van der Waals surface area contributed by atoms with Gasteiger partial charge in [-0.05, 0) is 30.7 Å². The molecule has 0 aliphatic carbocycles. The molecule has 1 N–H and O–H groups in total. The summed E-state index contributed by atoms with van der Waals surface area (Å²) >= 11 is 6.51. The highest BCUT2D eigenvalue weighted by molar-refractivity contribution is 6.38. The van der Waals surface area contributed by atoms with Crippen LogP contribution in [0.2, 0.25) is 5.02 Å². The molecule has 0 atom stereocenters. The zero-order valence-electron chi connectivity index (χ0n) is 12.8. The third kappa shape index (κ3) is 2.17. The number of amidine groups is 1. The van der Waals surface area contributed by atoms with Gasteiger partial charge in [-0.15, -0.1) is 0 Å². The molecule has 2 aromatic rings. The van der Waals surface area contributed by atoms with Crippen LogP contribution in [0.5, 0.6) is 0 Å². The van der Waals surface area contributed by atoms with E-state index in [-0.39, 0.29) is 17.8 Å². The topological polar surface area (TPSA) is 40.0 Å². The number of aliphatic imine (C=N–C) groups is 1. The van der Waals surface area contributed by atoms with Crippen molar-refractivity contribution >= 4 is 28.8 Å². The van der Waals surface area contributed by atoms with Crippen molar-refractivity contribution in [2.24, 2.45) is 10.1 Å². The number of hydrogen-bond acceptors (Lipinski definition) is 4. The first-order valence-electron chi connectivity index (χ1n) is 7.43. The van der Waals surface area contributed by atoms with Gasteiger partial charge in [0.25, 0.3) is 0 Å². The van der Waals surface area contributed by atoms with E-state index >= 15 is 0 Å². The normalized spacial score (nSPS) is 15.9. The fourth-order valence-corrected chi connectivity index (χ4v) is 3.22. The van der Waals surface area contributed by atoms with Crippen molar-refractivity contribution in [2.75, 3.05) is 18.1 Å². The van der Waals surface area contributed by atoms with E-state index in [2.05, 4.69) is 15.5 Å². The number of anilines is 1. The monoisotopic (exact) mass is 346 g/mol. The second kappa shape index (κ2) is 5.56. The average Bonchev–Trinajstić information content (AvgIpc) is 2.96. The van der Waals surface area contributed by atoms with Crippen molar-refractivity contribution in [3.63, 3.8) is 0 Å². The number of aryl methyl sites for hydroxylation is 1. The summed E-state index contributed by atoms with van der Waals surface area (Å²) in [5.41, 5.74) is 5.01. The Hall–Kier alpha value is -2.47. The molecule has 0 amide bonds. The molecule has 0 bridgehead atoms. The maximum Gasteiger partial charge on any atom is 0.152 e. The Kier molecular flexibility index (Phi) is 3.49. The van der Waals surface area contributed by atoms with Crippen molar-refractivity contribution in [2.45, 2.75) is 6.92 Å². The molecule has 0 spiro atoms. The minimum Gasteiger partial charge on any atom is -0.307 e. The van der Waals surface area contributed by atoms with E-state index in [1.165, 1.54) is 18.2 Å². The number of benzene rings is 2. The molecule has 2 aliphatic heterocycles. The molecule has 2 aromatic carbocycles. The molecule has 0 aromatic heterocycles. The summed E-state index contributed by atoms with van der Waals surface area (Å²) in [7, 11) is 0. The summed E-state index contributed by atoms with van der Waals surface area (Å²) in [6.07, 6.45) is 0. The largest absolute Gasteiger partial charge is 0.307 e. The predicted molar refractivity (Wildman–Crippen MR) is 91.0 cm³/mol. The fraction of sp³-hybridized carbons (Fsp3) is 0.176. The molecule has 122 valence electrons. The minimum absolute atomic E-state index is 0.166. The van der Waals surface area contributed by atoms with Crippen LogP contribution in [0.25, 0.3) is 0 Å². The Morgan fingerprint density at radius 3 is 2.62 bits per heavy atom. The van der Waals surface area contributed by atoms with Crippen LogP contribution in [-0.4, -0.2) is 24.8 Å². The van der Waals surface area contributed by atoms with E-state index in [4.69, 9.17) is 11.6 Å². The van der Waals surface area contributed by atoms with Gasteiger partial charge in [-0.25, -0.2) is 8.78 Å². The maximum atomic E-state index is 14.4. The number of nitrogens with one attached hydrogen (secondary N) is 1. The Balaban J connectivity index is 2.04. The average molecular weight is 347 g/mol. The van der Waals surface area contributed by atoms with E-state index in [9.17, 15) is 8.78 Å². The first-order valence-corrected chi connectivity index (χ1v) is 7.81. The summed E-state index contributed by atoms with van der Waals surface area (Å²) in [6, 6.07) is 7.51. The van der Waals surface area contributed by atoms with Gasteiger partial charge in [-0.2, -0.15) is 5.10 Å². The number of hydrazone groups is 1. The minimum atomic E-state index is -0.667. The van der Waals surface area contributed by atoms with Crippen molar-refractivity contribution in [1.29, 1.82) is 0 Å². The van der Waals surface area contributed by atoms with Crippen molar-refractivity contribution < 1.29 is 8.78 Å². The molecular weight excluding hydrogens is 334 g/mol. The van der Waals surface area contributed by atoms with Gasteiger partial charge in [-0.3, -0.25) is 10.4 Å². The number of nitrogens with zero attached hydrogens (tertiary/aromatic N) is 3. The van der Waals surface area contributed by atoms with Crippen LogP contribution in [-0.2, 0) is 0 Å². The van der Waals surface area contributed by atoms with Crippen LogP contribution in [0, 0.1) is 18.6 Å². The number of halogens is 3. The lowest BCUT2D eigenvalue weighted by Crippen LogP contribution is -2.30. The zero-order chi connectivity index (χ0) is 16.8. The quantitative estimate of drug-likeness (QED) is 0.859. The third-order valence-electron chi connectivity index (χ3n) is 4.17. The first-order chi connectivity index (χ1) is 11.6. The SMILES string of the molecule is Cc1ccc2c(c1Cl)C(c1c(F)cccc1F)=NCC1=NNCN12. The third-order valence-corrected chi connectivity index (χ3v) is 4.65. The molecule has 2 aliphatic rings. The highest BCUT2D eigenvalue weighted by Crippen LogP contribution is 2.36. The lowest BCUT2D eigenvalue weighted by Gasteiger charge is -2.21. The number of rotatable bonds is 1. The zero-order valence-corrected chi connectivity index (χ0v) is 13.5. The van der Waals surface area contributed by atoms with Crippen LogP contribution in [0.3, 0.4) is 0 Å². The summed E-state index contributed by atoms with van der Waals surface area (Å²) in [6.45, 7) is 2.52. The summed E-state index contributed by atoms with van der Waals surface area (Å²) < 4.78 is 28.7. The number of fused-ring (bicyclic) bond motifs is 3. The van der Waals surface area contributed by atoms with Gasteiger partial charge in [0, 0.05) is 5.56 Å². The lowest BCUT2D eigenvalue weighted by molar-refractivity contribution is 0.579. The van der Waals surface area contributed by atoms with Crippen molar-refractivity contribution in [3.05, 3.63) is 63.7 Å². The summed E-state index contributed by atoms with van der Waals surface area (Å²) in [5.74, 6) is -0.651. The standard InChI is InChI=1S/C17H13ClF2N4/c1-9-5-6-12-15(16(9)18)17(14-10(19)3-2-4-11(14)20)21-7-13-23-22-8-24(12)13/h2-6,22H,7-8H2,1H3. The highest BCUT2D eigenvalue weighted by atomic mass is 35.5. The molecule has 2 heterocycles. The van der Waals surface area contributed by atoms with E-state index < -0.39 is 11.6 Å². The Labute approximate surface area is 142 Å². The smallest absolute Gasteiger partial charge is 0.152 e. The van der Waals surface area contributed by atoms with Crippen LogP contribution in [0.15, 0.2) is 40.4 Å². The van der Waals surface area contributed by atoms with Crippen LogP contribution in [0.4, 0.5) is 14.5 Å². The Bertz CT molecular complexity index is 887. The molecule has 0 saturated carbocycles. The molecule has 24 heavy (non-hydrogen) atoms.